The van der Waals surface area contributed by atoms with E-state index in [9.17, 15) is 4.79 Å². The van der Waals surface area contributed by atoms with Gasteiger partial charge in [0, 0.05) is 25.1 Å². The number of benzene rings is 1. The van der Waals surface area contributed by atoms with E-state index in [-0.39, 0.29) is 11.8 Å². The van der Waals surface area contributed by atoms with Gasteiger partial charge in [-0.3, -0.25) is 9.69 Å². The van der Waals surface area contributed by atoms with Gasteiger partial charge in [0.1, 0.15) is 5.76 Å². The van der Waals surface area contributed by atoms with Crippen LogP contribution in [0.2, 0.25) is 0 Å². The second kappa shape index (κ2) is 7.83. The van der Waals surface area contributed by atoms with E-state index in [0.29, 0.717) is 6.54 Å². The Balaban J connectivity index is 1.51. The van der Waals surface area contributed by atoms with Gasteiger partial charge in [-0.2, -0.15) is 0 Å². The predicted molar refractivity (Wildman–Crippen MR) is 96.9 cm³/mol. The Bertz CT molecular complexity index is 683. The maximum atomic E-state index is 12.8. The van der Waals surface area contributed by atoms with E-state index in [0.717, 1.165) is 49.5 Å². The number of hydrogen-bond acceptors (Lipinski definition) is 4. The van der Waals surface area contributed by atoms with Crippen molar-refractivity contribution in [3.8, 4) is 0 Å². The predicted octanol–water partition coefficient (Wildman–Crippen LogP) is 3.16. The minimum atomic E-state index is 0.123. The lowest BCUT2D eigenvalue weighted by Gasteiger charge is -2.33. The molecule has 1 aromatic heterocycles. The van der Waals surface area contributed by atoms with Crippen LogP contribution in [0.5, 0.6) is 0 Å². The maximum Gasteiger partial charge on any atom is 0.225 e. The topological polar surface area (TPSA) is 49.6 Å². The monoisotopic (exact) mass is 341 g/mol. The highest BCUT2D eigenvalue weighted by atomic mass is 16.5. The third kappa shape index (κ3) is 4.28. The molecular weight excluding hydrogens is 314 g/mol. The van der Waals surface area contributed by atoms with Crippen LogP contribution in [0.3, 0.4) is 0 Å². The molecule has 1 aliphatic rings. The van der Waals surface area contributed by atoms with Gasteiger partial charge in [0.05, 0.1) is 12.2 Å². The molecule has 1 fully saturated rings. The molecule has 0 unspecified atom stereocenters. The van der Waals surface area contributed by atoms with E-state index in [1.54, 1.807) is 0 Å². The molecule has 0 saturated carbocycles. The number of hydrogen-bond donors (Lipinski definition) is 0. The van der Waals surface area contributed by atoms with Crippen molar-refractivity contribution in [3.05, 3.63) is 52.9 Å². The fourth-order valence-electron chi connectivity index (χ4n) is 3.53. The van der Waals surface area contributed by atoms with E-state index >= 15 is 0 Å². The lowest BCUT2D eigenvalue weighted by atomic mass is 9.95. The molecule has 1 aromatic carbocycles. The molecule has 0 N–H and O–H groups in total. The lowest BCUT2D eigenvalue weighted by Crippen LogP contribution is -2.40. The molecule has 25 heavy (non-hydrogen) atoms. The largest absolute Gasteiger partial charge is 0.361 e. The Morgan fingerprint density at radius 1 is 1.24 bits per heavy atom. The van der Waals surface area contributed by atoms with Crippen LogP contribution >= 0.6 is 0 Å². The average molecular weight is 341 g/mol. The summed E-state index contributed by atoms with van der Waals surface area (Å²) < 4.78 is 5.20. The van der Waals surface area contributed by atoms with Crippen molar-refractivity contribution in [1.82, 2.24) is 15.0 Å². The van der Waals surface area contributed by atoms with Gasteiger partial charge in [-0.05, 0) is 45.3 Å². The molecule has 3 rings (SSSR count). The van der Waals surface area contributed by atoms with Gasteiger partial charge < -0.3 is 9.42 Å². The molecule has 134 valence electrons. The minimum absolute atomic E-state index is 0.123. The van der Waals surface area contributed by atoms with Crippen molar-refractivity contribution >= 4 is 5.91 Å². The van der Waals surface area contributed by atoms with Gasteiger partial charge in [-0.15, -0.1) is 0 Å². The van der Waals surface area contributed by atoms with Crippen LogP contribution in [0.15, 0.2) is 34.9 Å². The Kier molecular flexibility index (Phi) is 5.53. The standard InChI is InChI=1S/C20H27N3O2/c1-15-19(16(2)25-21-15)14-22(3)20(24)18-9-11-23(12-10-18)13-17-7-5-4-6-8-17/h4-8,18H,9-14H2,1-3H3. The highest BCUT2D eigenvalue weighted by Gasteiger charge is 2.28. The Labute approximate surface area is 149 Å². The van der Waals surface area contributed by atoms with Gasteiger partial charge in [-0.25, -0.2) is 0 Å². The summed E-state index contributed by atoms with van der Waals surface area (Å²) in [6, 6.07) is 10.5. The van der Waals surface area contributed by atoms with Gasteiger partial charge in [0.2, 0.25) is 5.91 Å². The Morgan fingerprint density at radius 3 is 2.52 bits per heavy atom. The normalized spacial score (nSPS) is 16.1. The van der Waals surface area contributed by atoms with Crippen molar-refractivity contribution < 1.29 is 9.32 Å². The van der Waals surface area contributed by atoms with E-state index in [2.05, 4.69) is 34.3 Å². The summed E-state index contributed by atoms with van der Waals surface area (Å²) >= 11 is 0. The summed E-state index contributed by atoms with van der Waals surface area (Å²) in [5.41, 5.74) is 3.23. The molecule has 5 heteroatoms. The van der Waals surface area contributed by atoms with Crippen molar-refractivity contribution in [2.75, 3.05) is 20.1 Å². The number of likely N-dealkylation sites (tertiary alicyclic amines) is 1. The summed E-state index contributed by atoms with van der Waals surface area (Å²) in [7, 11) is 1.88. The molecule has 2 heterocycles. The van der Waals surface area contributed by atoms with Crippen LogP contribution in [0, 0.1) is 19.8 Å². The quantitative estimate of drug-likeness (QED) is 0.838. The number of piperidine rings is 1. The van der Waals surface area contributed by atoms with Gasteiger partial charge >= 0.3 is 0 Å². The highest BCUT2D eigenvalue weighted by molar-refractivity contribution is 5.78. The Morgan fingerprint density at radius 2 is 1.92 bits per heavy atom. The highest BCUT2D eigenvalue weighted by Crippen LogP contribution is 2.22. The summed E-state index contributed by atoms with van der Waals surface area (Å²) in [5, 5.41) is 3.97. The fraction of sp³-hybridized carbons (Fsp3) is 0.500. The summed E-state index contributed by atoms with van der Waals surface area (Å²) in [4.78, 5) is 17.0. The average Bonchev–Trinajstić information content (AvgIpc) is 2.94. The number of amides is 1. The van der Waals surface area contributed by atoms with E-state index in [1.165, 1.54) is 5.56 Å². The van der Waals surface area contributed by atoms with E-state index < -0.39 is 0 Å². The molecule has 0 spiro atoms. The molecular formula is C20H27N3O2. The van der Waals surface area contributed by atoms with Crippen molar-refractivity contribution in [2.45, 2.75) is 39.8 Å². The number of aryl methyl sites for hydroxylation is 2. The smallest absolute Gasteiger partial charge is 0.225 e. The zero-order valence-corrected chi connectivity index (χ0v) is 15.4. The zero-order valence-electron chi connectivity index (χ0n) is 15.4. The maximum absolute atomic E-state index is 12.8. The van der Waals surface area contributed by atoms with Crippen LogP contribution in [0.1, 0.15) is 35.4 Å². The van der Waals surface area contributed by atoms with Gasteiger partial charge in [0.15, 0.2) is 0 Å². The minimum Gasteiger partial charge on any atom is -0.361 e. The third-order valence-corrected chi connectivity index (χ3v) is 5.14. The van der Waals surface area contributed by atoms with Crippen LogP contribution in [0.25, 0.3) is 0 Å². The van der Waals surface area contributed by atoms with Crippen molar-refractivity contribution in [3.63, 3.8) is 0 Å². The first-order valence-corrected chi connectivity index (χ1v) is 8.97. The van der Waals surface area contributed by atoms with E-state index in [4.69, 9.17) is 4.52 Å². The molecule has 1 amide bonds. The molecule has 2 aromatic rings. The molecule has 0 atom stereocenters. The second-order valence-electron chi connectivity index (χ2n) is 7.03. The van der Waals surface area contributed by atoms with Crippen molar-refractivity contribution in [2.24, 2.45) is 5.92 Å². The first-order valence-electron chi connectivity index (χ1n) is 8.97. The number of carbonyl (C=O) groups is 1. The van der Waals surface area contributed by atoms with Gasteiger partial charge in [-0.1, -0.05) is 35.5 Å². The van der Waals surface area contributed by atoms with E-state index in [1.807, 2.05) is 31.9 Å². The first-order chi connectivity index (χ1) is 12.0. The molecule has 0 bridgehead atoms. The fourth-order valence-corrected chi connectivity index (χ4v) is 3.53. The SMILES string of the molecule is Cc1noc(C)c1CN(C)C(=O)C1CCN(Cc2ccccc2)CC1. The molecule has 5 nitrogen and oxygen atoms in total. The zero-order chi connectivity index (χ0) is 17.8. The summed E-state index contributed by atoms with van der Waals surface area (Å²) in [5.74, 6) is 1.16. The van der Waals surface area contributed by atoms with Crippen LogP contribution in [0.4, 0.5) is 0 Å². The Hall–Kier alpha value is -2.14. The molecule has 0 aliphatic carbocycles. The van der Waals surface area contributed by atoms with Crippen molar-refractivity contribution in [1.29, 1.82) is 0 Å². The summed E-state index contributed by atoms with van der Waals surface area (Å²) in [6.45, 7) is 7.32. The first kappa shape index (κ1) is 17.7. The third-order valence-electron chi connectivity index (χ3n) is 5.14. The van der Waals surface area contributed by atoms with Crippen LogP contribution in [-0.2, 0) is 17.9 Å². The van der Waals surface area contributed by atoms with Crippen LogP contribution in [-0.4, -0.2) is 41.0 Å². The lowest BCUT2D eigenvalue weighted by molar-refractivity contribution is -0.136. The van der Waals surface area contributed by atoms with Crippen LogP contribution < -0.4 is 0 Å². The summed E-state index contributed by atoms with van der Waals surface area (Å²) in [6.07, 6.45) is 1.86. The number of nitrogens with zero attached hydrogens (tertiary/aromatic N) is 3. The number of rotatable bonds is 5. The molecule has 0 radical (unpaired) electrons. The number of aromatic nitrogens is 1. The molecule has 1 saturated heterocycles. The second-order valence-corrected chi connectivity index (χ2v) is 7.03. The molecule has 1 aliphatic heterocycles. The number of carbonyl (C=O) groups excluding carboxylic acids is 1. The van der Waals surface area contributed by atoms with Gasteiger partial charge in [0.25, 0.3) is 0 Å².